The van der Waals surface area contributed by atoms with E-state index in [9.17, 15) is 0 Å². The summed E-state index contributed by atoms with van der Waals surface area (Å²) in [6.45, 7) is 4.57. The van der Waals surface area contributed by atoms with E-state index in [1.807, 2.05) is 0 Å². The normalized spacial score (nSPS) is 50.4. The first-order valence-electron chi connectivity index (χ1n) is 6.32. The average molecular weight is 226 g/mol. The van der Waals surface area contributed by atoms with Gasteiger partial charge in [-0.05, 0) is 31.6 Å². The van der Waals surface area contributed by atoms with Crippen molar-refractivity contribution in [1.29, 1.82) is 0 Å². The summed E-state index contributed by atoms with van der Waals surface area (Å²) >= 11 is 2.12. The van der Waals surface area contributed by atoms with Crippen molar-refractivity contribution < 1.29 is 0 Å². The van der Waals surface area contributed by atoms with Gasteiger partial charge in [0.25, 0.3) is 0 Å². The second-order valence-corrected chi connectivity index (χ2v) is 7.17. The van der Waals surface area contributed by atoms with Crippen molar-refractivity contribution in [3.8, 4) is 0 Å². The minimum Gasteiger partial charge on any atom is -0.329 e. The molecule has 15 heavy (non-hydrogen) atoms. The van der Waals surface area contributed by atoms with E-state index in [2.05, 4.69) is 23.6 Å². The highest BCUT2D eigenvalue weighted by atomic mass is 32.2. The Balaban J connectivity index is 1.79. The van der Waals surface area contributed by atoms with E-state index in [1.54, 1.807) is 0 Å². The topological polar surface area (TPSA) is 29.3 Å². The lowest BCUT2D eigenvalue weighted by molar-refractivity contribution is 0.0771. The third kappa shape index (κ3) is 1.55. The fraction of sp³-hybridized carbons (Fsp3) is 1.00. The van der Waals surface area contributed by atoms with E-state index in [1.165, 1.54) is 38.0 Å². The van der Waals surface area contributed by atoms with Crippen LogP contribution in [0.4, 0.5) is 0 Å². The molecule has 3 aliphatic rings. The van der Waals surface area contributed by atoms with Crippen molar-refractivity contribution >= 4 is 11.8 Å². The molecule has 2 bridgehead atoms. The van der Waals surface area contributed by atoms with E-state index >= 15 is 0 Å². The maximum Gasteiger partial charge on any atom is 0.0435 e. The maximum absolute atomic E-state index is 6.09. The zero-order valence-electron chi connectivity index (χ0n) is 9.61. The minimum absolute atomic E-state index is 0.365. The van der Waals surface area contributed by atoms with Gasteiger partial charge >= 0.3 is 0 Å². The van der Waals surface area contributed by atoms with Crippen molar-refractivity contribution in [2.45, 2.75) is 49.4 Å². The number of fused-ring (bicyclic) bond motifs is 2. The zero-order valence-corrected chi connectivity index (χ0v) is 10.4. The largest absolute Gasteiger partial charge is 0.329 e. The van der Waals surface area contributed by atoms with Gasteiger partial charge in [0.05, 0.1) is 0 Å². The molecule has 86 valence electrons. The number of hydrogen-bond donors (Lipinski definition) is 1. The fourth-order valence-corrected chi connectivity index (χ4v) is 5.34. The Bertz CT molecular complexity index is 258. The number of likely N-dealkylation sites (tertiary alicyclic amines) is 1. The quantitative estimate of drug-likeness (QED) is 0.777. The number of thioether (sulfide) groups is 1. The van der Waals surface area contributed by atoms with Crippen molar-refractivity contribution in [3.63, 3.8) is 0 Å². The van der Waals surface area contributed by atoms with Crippen LogP contribution in [-0.2, 0) is 0 Å². The predicted molar refractivity (Wildman–Crippen MR) is 66.2 cm³/mol. The van der Waals surface area contributed by atoms with Crippen LogP contribution in [0.1, 0.15) is 32.6 Å². The summed E-state index contributed by atoms with van der Waals surface area (Å²) in [5.41, 5.74) is 6.45. The molecule has 0 radical (unpaired) electrons. The van der Waals surface area contributed by atoms with Gasteiger partial charge in [0.2, 0.25) is 0 Å². The molecule has 2 aliphatic heterocycles. The van der Waals surface area contributed by atoms with Gasteiger partial charge in [0, 0.05) is 35.7 Å². The summed E-state index contributed by atoms with van der Waals surface area (Å²) in [4.78, 5) is 2.79. The van der Waals surface area contributed by atoms with E-state index in [0.29, 0.717) is 5.54 Å². The Morgan fingerprint density at radius 3 is 2.80 bits per heavy atom. The van der Waals surface area contributed by atoms with E-state index in [0.717, 1.165) is 23.8 Å². The minimum atomic E-state index is 0.365. The van der Waals surface area contributed by atoms with E-state index in [-0.39, 0.29) is 0 Å². The van der Waals surface area contributed by atoms with Crippen molar-refractivity contribution in [1.82, 2.24) is 4.90 Å². The maximum atomic E-state index is 6.09. The molecule has 4 atom stereocenters. The molecule has 1 saturated carbocycles. The van der Waals surface area contributed by atoms with Gasteiger partial charge in [-0.1, -0.05) is 6.92 Å². The molecule has 0 aromatic heterocycles. The number of nitrogens with zero attached hydrogens (tertiary/aromatic N) is 1. The van der Waals surface area contributed by atoms with Crippen LogP contribution in [-0.4, -0.2) is 40.6 Å². The summed E-state index contributed by atoms with van der Waals surface area (Å²) < 4.78 is 0. The molecule has 0 aromatic rings. The van der Waals surface area contributed by atoms with Crippen LogP contribution in [0.5, 0.6) is 0 Å². The lowest BCUT2D eigenvalue weighted by atomic mass is 9.91. The van der Waals surface area contributed by atoms with Crippen LogP contribution in [0, 0.1) is 5.92 Å². The predicted octanol–water partition coefficient (Wildman–Crippen LogP) is 1.69. The first-order valence-corrected chi connectivity index (χ1v) is 7.37. The van der Waals surface area contributed by atoms with Gasteiger partial charge in [-0.2, -0.15) is 11.8 Å². The standard InChI is InChI=1S/C12H22N2S/c1-9-5-12(7-13,8-15-9)14-6-10-2-3-11(14)4-10/h9-11H,2-8,13H2,1H3. The van der Waals surface area contributed by atoms with Crippen LogP contribution in [0.2, 0.25) is 0 Å². The highest BCUT2D eigenvalue weighted by Crippen LogP contribution is 2.47. The second-order valence-electron chi connectivity index (χ2n) is 5.74. The number of hydrogen-bond acceptors (Lipinski definition) is 3. The molecule has 4 unspecified atom stereocenters. The summed E-state index contributed by atoms with van der Waals surface area (Å²) in [5.74, 6) is 2.27. The monoisotopic (exact) mass is 226 g/mol. The van der Waals surface area contributed by atoms with E-state index in [4.69, 9.17) is 5.73 Å². The molecular weight excluding hydrogens is 204 g/mol. The molecule has 0 amide bonds. The molecule has 2 heterocycles. The fourth-order valence-electron chi connectivity index (χ4n) is 3.92. The molecule has 2 N–H and O–H groups in total. The zero-order chi connectivity index (χ0) is 10.5. The summed E-state index contributed by atoms with van der Waals surface area (Å²) in [6.07, 6.45) is 5.69. The van der Waals surface area contributed by atoms with Crippen LogP contribution in [0.25, 0.3) is 0 Å². The smallest absolute Gasteiger partial charge is 0.0435 e. The second kappa shape index (κ2) is 3.64. The Morgan fingerprint density at radius 1 is 1.47 bits per heavy atom. The van der Waals surface area contributed by atoms with Crippen LogP contribution in [0.15, 0.2) is 0 Å². The van der Waals surface area contributed by atoms with Crippen molar-refractivity contribution in [2.24, 2.45) is 11.7 Å². The SMILES string of the molecule is CC1CC(CN)(N2CC3CCC2C3)CS1. The van der Waals surface area contributed by atoms with Crippen molar-refractivity contribution in [3.05, 3.63) is 0 Å². The Labute approximate surface area is 97.0 Å². The number of nitrogens with two attached hydrogens (primary N) is 1. The molecule has 3 rings (SSSR count). The summed E-state index contributed by atoms with van der Waals surface area (Å²) in [7, 11) is 0. The number of rotatable bonds is 2. The van der Waals surface area contributed by atoms with Gasteiger partial charge in [-0.15, -0.1) is 0 Å². The van der Waals surface area contributed by atoms with Gasteiger partial charge in [-0.25, -0.2) is 0 Å². The third-order valence-corrected chi connectivity index (χ3v) is 6.14. The van der Waals surface area contributed by atoms with Gasteiger partial charge in [-0.3, -0.25) is 4.90 Å². The van der Waals surface area contributed by atoms with Gasteiger partial charge in [0.15, 0.2) is 0 Å². The molecule has 0 aromatic carbocycles. The molecule has 1 aliphatic carbocycles. The Kier molecular flexibility index (Phi) is 2.53. The Morgan fingerprint density at radius 2 is 2.33 bits per heavy atom. The lowest BCUT2D eigenvalue weighted by Crippen LogP contribution is -2.57. The van der Waals surface area contributed by atoms with Crippen LogP contribution >= 0.6 is 11.8 Å². The molecule has 3 fully saturated rings. The molecule has 2 saturated heterocycles. The van der Waals surface area contributed by atoms with Crippen LogP contribution in [0.3, 0.4) is 0 Å². The number of piperidine rings is 1. The summed E-state index contributed by atoms with van der Waals surface area (Å²) in [6, 6.07) is 0.879. The highest BCUT2D eigenvalue weighted by molar-refractivity contribution is 8.00. The third-order valence-electron chi connectivity index (χ3n) is 4.70. The molecule has 2 nitrogen and oxygen atoms in total. The first kappa shape index (κ1) is 10.4. The molecular formula is C12H22N2S. The van der Waals surface area contributed by atoms with E-state index < -0.39 is 0 Å². The highest BCUT2D eigenvalue weighted by Gasteiger charge is 2.50. The van der Waals surface area contributed by atoms with Crippen LogP contribution < -0.4 is 5.73 Å². The van der Waals surface area contributed by atoms with Gasteiger partial charge < -0.3 is 5.73 Å². The molecule has 3 heteroatoms. The van der Waals surface area contributed by atoms with Gasteiger partial charge in [0.1, 0.15) is 0 Å². The lowest BCUT2D eigenvalue weighted by Gasteiger charge is -2.43. The average Bonchev–Trinajstić information content (AvgIpc) is 2.91. The molecule has 0 spiro atoms. The first-order chi connectivity index (χ1) is 7.23. The summed E-state index contributed by atoms with van der Waals surface area (Å²) in [5, 5.41) is 0.813. The Hall–Kier alpha value is 0.270. The van der Waals surface area contributed by atoms with Crippen molar-refractivity contribution in [2.75, 3.05) is 18.8 Å².